The van der Waals surface area contributed by atoms with E-state index in [0.29, 0.717) is 5.91 Å². The van der Waals surface area contributed by atoms with Crippen LogP contribution >= 0.6 is 0 Å². The SMILES string of the molecule is Cc1ccccc1CN1CCC[C@@]2(CC1)CCN(C)C2=O. The fraction of sp³-hybridized carbons (Fsp3) is 0.611. The molecule has 3 heteroatoms. The number of aryl methyl sites for hydroxylation is 1. The van der Waals surface area contributed by atoms with E-state index in [1.54, 1.807) is 0 Å². The Morgan fingerprint density at radius 2 is 1.86 bits per heavy atom. The maximum atomic E-state index is 12.5. The Labute approximate surface area is 127 Å². The van der Waals surface area contributed by atoms with Crippen molar-refractivity contribution in [3.63, 3.8) is 0 Å². The lowest BCUT2D eigenvalue weighted by atomic mass is 9.79. The fourth-order valence-corrected chi connectivity index (χ4v) is 3.90. The maximum absolute atomic E-state index is 12.5. The number of hydrogen-bond acceptors (Lipinski definition) is 2. The van der Waals surface area contributed by atoms with Crippen LogP contribution in [-0.2, 0) is 11.3 Å². The number of likely N-dealkylation sites (tertiary alicyclic amines) is 2. The van der Waals surface area contributed by atoms with Gasteiger partial charge in [-0.05, 0) is 56.8 Å². The lowest BCUT2D eigenvalue weighted by Crippen LogP contribution is -2.33. The zero-order valence-electron chi connectivity index (χ0n) is 13.3. The number of nitrogens with zero attached hydrogens (tertiary/aromatic N) is 2. The maximum Gasteiger partial charge on any atom is 0.228 e. The van der Waals surface area contributed by atoms with Crippen LogP contribution in [0.4, 0.5) is 0 Å². The minimum atomic E-state index is -0.0464. The molecule has 2 aliphatic heterocycles. The van der Waals surface area contributed by atoms with Crippen molar-refractivity contribution in [2.45, 2.75) is 39.2 Å². The third-order valence-corrected chi connectivity index (χ3v) is 5.42. The van der Waals surface area contributed by atoms with E-state index in [0.717, 1.165) is 51.9 Å². The van der Waals surface area contributed by atoms with E-state index < -0.39 is 0 Å². The Kier molecular flexibility index (Phi) is 4.03. The van der Waals surface area contributed by atoms with E-state index >= 15 is 0 Å². The van der Waals surface area contributed by atoms with Gasteiger partial charge >= 0.3 is 0 Å². The summed E-state index contributed by atoms with van der Waals surface area (Å²) in [4.78, 5) is 16.9. The monoisotopic (exact) mass is 286 g/mol. The van der Waals surface area contributed by atoms with Crippen molar-refractivity contribution < 1.29 is 4.79 Å². The molecule has 0 saturated carbocycles. The average Bonchev–Trinajstić information content (AvgIpc) is 2.66. The normalized spacial score (nSPS) is 27.3. The number of hydrogen-bond donors (Lipinski definition) is 0. The van der Waals surface area contributed by atoms with Crippen molar-refractivity contribution in [1.29, 1.82) is 0 Å². The van der Waals surface area contributed by atoms with Gasteiger partial charge in [-0.15, -0.1) is 0 Å². The molecule has 0 bridgehead atoms. The van der Waals surface area contributed by atoms with Gasteiger partial charge < -0.3 is 4.90 Å². The second-order valence-electron chi connectivity index (χ2n) is 6.81. The molecule has 0 aliphatic carbocycles. The smallest absolute Gasteiger partial charge is 0.228 e. The molecule has 2 aliphatic rings. The second kappa shape index (κ2) is 5.80. The first-order chi connectivity index (χ1) is 10.1. The molecule has 3 rings (SSSR count). The molecule has 1 atom stereocenters. The lowest BCUT2D eigenvalue weighted by molar-refractivity contribution is -0.135. The van der Waals surface area contributed by atoms with Gasteiger partial charge in [0, 0.05) is 20.1 Å². The van der Waals surface area contributed by atoms with Gasteiger partial charge in [-0.2, -0.15) is 0 Å². The van der Waals surface area contributed by atoms with Crippen LogP contribution in [0, 0.1) is 12.3 Å². The van der Waals surface area contributed by atoms with Gasteiger partial charge in [0.05, 0.1) is 5.41 Å². The molecule has 0 aromatic heterocycles. The third kappa shape index (κ3) is 2.84. The van der Waals surface area contributed by atoms with Crippen molar-refractivity contribution in [1.82, 2.24) is 9.80 Å². The second-order valence-corrected chi connectivity index (χ2v) is 6.81. The van der Waals surface area contributed by atoms with E-state index in [9.17, 15) is 4.79 Å². The Bertz CT molecular complexity index is 528. The van der Waals surface area contributed by atoms with Crippen LogP contribution in [0.1, 0.15) is 36.8 Å². The first-order valence-corrected chi connectivity index (χ1v) is 8.13. The van der Waals surface area contributed by atoms with Gasteiger partial charge in [-0.1, -0.05) is 24.3 Å². The number of amides is 1. The lowest BCUT2D eigenvalue weighted by Gasteiger charge is -2.26. The van der Waals surface area contributed by atoms with Crippen molar-refractivity contribution in [2.75, 3.05) is 26.7 Å². The summed E-state index contributed by atoms with van der Waals surface area (Å²) in [7, 11) is 1.95. The molecular formula is C18H26N2O. The molecule has 2 saturated heterocycles. The summed E-state index contributed by atoms with van der Waals surface area (Å²) in [5, 5.41) is 0. The predicted octanol–water partition coefficient (Wildman–Crippen LogP) is 2.83. The van der Waals surface area contributed by atoms with Crippen LogP contribution in [0.3, 0.4) is 0 Å². The Morgan fingerprint density at radius 1 is 1.10 bits per heavy atom. The van der Waals surface area contributed by atoms with Crippen molar-refractivity contribution >= 4 is 5.91 Å². The molecule has 2 heterocycles. The highest BCUT2D eigenvalue weighted by atomic mass is 16.2. The quantitative estimate of drug-likeness (QED) is 0.834. The average molecular weight is 286 g/mol. The molecular weight excluding hydrogens is 260 g/mol. The van der Waals surface area contributed by atoms with Crippen LogP contribution in [-0.4, -0.2) is 42.4 Å². The number of benzene rings is 1. The molecule has 1 spiro atoms. The Morgan fingerprint density at radius 3 is 2.57 bits per heavy atom. The summed E-state index contributed by atoms with van der Waals surface area (Å²) < 4.78 is 0. The minimum absolute atomic E-state index is 0.0464. The molecule has 0 N–H and O–H groups in total. The van der Waals surface area contributed by atoms with E-state index in [1.165, 1.54) is 11.1 Å². The highest BCUT2D eigenvalue weighted by Crippen LogP contribution is 2.41. The van der Waals surface area contributed by atoms with Crippen molar-refractivity contribution in [3.05, 3.63) is 35.4 Å². The van der Waals surface area contributed by atoms with E-state index in [-0.39, 0.29) is 5.41 Å². The first kappa shape index (κ1) is 14.6. The van der Waals surface area contributed by atoms with Gasteiger partial charge in [-0.25, -0.2) is 0 Å². The Hall–Kier alpha value is -1.35. The van der Waals surface area contributed by atoms with Crippen LogP contribution in [0.25, 0.3) is 0 Å². The zero-order valence-corrected chi connectivity index (χ0v) is 13.3. The summed E-state index contributed by atoms with van der Waals surface area (Å²) in [5.74, 6) is 0.389. The summed E-state index contributed by atoms with van der Waals surface area (Å²) in [5.41, 5.74) is 2.74. The molecule has 0 radical (unpaired) electrons. The van der Waals surface area contributed by atoms with E-state index in [1.807, 2.05) is 11.9 Å². The molecule has 2 fully saturated rings. The standard InChI is InChI=1S/C18H26N2O/c1-15-6-3-4-7-16(15)14-20-11-5-8-18(10-13-20)9-12-19(2)17(18)21/h3-4,6-7H,5,8-14H2,1-2H3/t18-/m0/s1. The minimum Gasteiger partial charge on any atom is -0.345 e. The summed E-state index contributed by atoms with van der Waals surface area (Å²) in [6.07, 6.45) is 4.30. The molecule has 1 aromatic rings. The van der Waals surface area contributed by atoms with Gasteiger partial charge in [-0.3, -0.25) is 9.69 Å². The molecule has 1 amide bonds. The molecule has 0 unspecified atom stereocenters. The number of rotatable bonds is 2. The fourth-order valence-electron chi connectivity index (χ4n) is 3.90. The first-order valence-electron chi connectivity index (χ1n) is 8.13. The highest BCUT2D eigenvalue weighted by molar-refractivity contribution is 5.84. The third-order valence-electron chi connectivity index (χ3n) is 5.42. The van der Waals surface area contributed by atoms with Gasteiger partial charge in [0.1, 0.15) is 0 Å². The van der Waals surface area contributed by atoms with Crippen LogP contribution in [0.5, 0.6) is 0 Å². The van der Waals surface area contributed by atoms with E-state index in [4.69, 9.17) is 0 Å². The number of carbonyl (C=O) groups excluding carboxylic acids is 1. The highest BCUT2D eigenvalue weighted by Gasteiger charge is 2.45. The Balaban J connectivity index is 1.67. The summed E-state index contributed by atoms with van der Waals surface area (Å²) in [6.45, 7) is 6.31. The molecule has 114 valence electrons. The van der Waals surface area contributed by atoms with Gasteiger partial charge in [0.15, 0.2) is 0 Å². The zero-order chi connectivity index (χ0) is 14.9. The van der Waals surface area contributed by atoms with E-state index in [2.05, 4.69) is 36.1 Å². The van der Waals surface area contributed by atoms with Gasteiger partial charge in [0.2, 0.25) is 5.91 Å². The summed E-state index contributed by atoms with van der Waals surface area (Å²) >= 11 is 0. The van der Waals surface area contributed by atoms with Gasteiger partial charge in [0.25, 0.3) is 0 Å². The van der Waals surface area contributed by atoms with Crippen molar-refractivity contribution in [2.24, 2.45) is 5.41 Å². The van der Waals surface area contributed by atoms with Crippen LogP contribution in [0.2, 0.25) is 0 Å². The molecule has 3 nitrogen and oxygen atoms in total. The largest absolute Gasteiger partial charge is 0.345 e. The molecule has 21 heavy (non-hydrogen) atoms. The number of carbonyl (C=O) groups is 1. The predicted molar refractivity (Wildman–Crippen MR) is 85.0 cm³/mol. The molecule has 1 aromatic carbocycles. The van der Waals surface area contributed by atoms with Crippen LogP contribution in [0.15, 0.2) is 24.3 Å². The van der Waals surface area contributed by atoms with Crippen molar-refractivity contribution in [3.8, 4) is 0 Å². The topological polar surface area (TPSA) is 23.6 Å². The summed E-state index contributed by atoms with van der Waals surface area (Å²) in [6, 6.07) is 8.63. The van der Waals surface area contributed by atoms with Crippen LogP contribution < -0.4 is 0 Å².